The minimum atomic E-state index is -0.129. The van der Waals surface area contributed by atoms with E-state index in [0.717, 1.165) is 31.6 Å². The fourth-order valence-corrected chi connectivity index (χ4v) is 8.46. The van der Waals surface area contributed by atoms with E-state index in [-0.39, 0.29) is 16.2 Å². The Morgan fingerprint density at radius 3 is 2.52 bits per heavy atom. The summed E-state index contributed by atoms with van der Waals surface area (Å²) in [6.07, 6.45) is 10.8. The third-order valence-corrected chi connectivity index (χ3v) is 9.21. The Balaban J connectivity index is 1.30. The zero-order valence-corrected chi connectivity index (χ0v) is 16.5. The fraction of sp³-hybridized carbons (Fsp3) is 0.708. The number of hydrogen-bond donors (Lipinski definition) is 2. The molecule has 6 fully saturated rings. The summed E-state index contributed by atoms with van der Waals surface area (Å²) in [4.78, 5) is 13.8. The first-order valence-electron chi connectivity index (χ1n) is 11.1. The van der Waals surface area contributed by atoms with Crippen molar-refractivity contribution in [3.05, 3.63) is 35.9 Å². The SMILES string of the molecule is CC12CC3CC(c4ccccc4)(C1)CC2(C(=O)NC1C[C@H]2CC[C@H](C1)N2)C3. The highest BCUT2D eigenvalue weighted by Gasteiger charge is 2.72. The smallest absolute Gasteiger partial charge is 0.227 e. The maximum atomic E-state index is 13.8. The molecule has 4 saturated carbocycles. The Kier molecular flexibility index (Phi) is 3.30. The molecule has 0 radical (unpaired) electrons. The molecule has 1 aromatic rings. The van der Waals surface area contributed by atoms with Crippen LogP contribution in [-0.2, 0) is 10.2 Å². The monoisotopic (exact) mass is 364 g/mol. The van der Waals surface area contributed by atoms with Gasteiger partial charge in [0.15, 0.2) is 0 Å². The van der Waals surface area contributed by atoms with Gasteiger partial charge in [0, 0.05) is 18.1 Å². The summed E-state index contributed by atoms with van der Waals surface area (Å²) >= 11 is 0. The maximum absolute atomic E-state index is 13.8. The standard InChI is InChI=1S/C24H32N2O/c1-22-11-16-12-23(14-22,17-5-3-2-4-6-17)15-24(22,13-16)21(27)26-20-9-18-7-8-19(10-20)25-18/h2-6,16,18-20,25H,7-15H2,1H3,(H,26,27)/t16?,18-,19-,22?,23?,24?/m1/s1. The van der Waals surface area contributed by atoms with Crippen LogP contribution in [0.3, 0.4) is 0 Å². The first-order chi connectivity index (χ1) is 13.0. The summed E-state index contributed by atoms with van der Waals surface area (Å²) in [6.45, 7) is 2.43. The number of benzene rings is 1. The fourth-order valence-electron chi connectivity index (χ4n) is 8.46. The number of nitrogens with one attached hydrogen (secondary N) is 2. The third-order valence-electron chi connectivity index (χ3n) is 9.21. The van der Waals surface area contributed by atoms with Gasteiger partial charge < -0.3 is 10.6 Å². The molecule has 3 heteroatoms. The van der Waals surface area contributed by atoms with Crippen molar-refractivity contribution in [1.82, 2.24) is 10.6 Å². The van der Waals surface area contributed by atoms with E-state index >= 15 is 0 Å². The highest BCUT2D eigenvalue weighted by Crippen LogP contribution is 2.76. The molecule has 6 bridgehead atoms. The minimum absolute atomic E-state index is 0.129. The summed E-state index contributed by atoms with van der Waals surface area (Å²) in [5.41, 5.74) is 1.77. The van der Waals surface area contributed by atoms with Crippen molar-refractivity contribution in [2.24, 2.45) is 16.7 Å². The molecule has 4 unspecified atom stereocenters. The molecule has 144 valence electrons. The normalized spacial score (nSPS) is 49.5. The molecule has 3 nitrogen and oxygen atoms in total. The second kappa shape index (κ2) is 5.37. The van der Waals surface area contributed by atoms with E-state index in [1.54, 1.807) is 0 Å². The summed E-state index contributed by atoms with van der Waals surface area (Å²) in [7, 11) is 0. The molecule has 6 atom stereocenters. The molecule has 2 aliphatic heterocycles. The Bertz CT molecular complexity index is 766. The van der Waals surface area contributed by atoms with Crippen LogP contribution in [0, 0.1) is 16.7 Å². The second-order valence-electron chi connectivity index (χ2n) is 10.9. The van der Waals surface area contributed by atoms with E-state index < -0.39 is 0 Å². The molecule has 2 N–H and O–H groups in total. The largest absolute Gasteiger partial charge is 0.353 e. The molecular weight excluding hydrogens is 332 g/mol. The number of rotatable bonds is 3. The quantitative estimate of drug-likeness (QED) is 0.853. The van der Waals surface area contributed by atoms with E-state index in [4.69, 9.17) is 0 Å². The van der Waals surface area contributed by atoms with Crippen molar-refractivity contribution in [2.75, 3.05) is 0 Å². The Morgan fingerprint density at radius 2 is 1.78 bits per heavy atom. The Morgan fingerprint density at radius 1 is 1.04 bits per heavy atom. The predicted molar refractivity (Wildman–Crippen MR) is 106 cm³/mol. The highest BCUT2D eigenvalue weighted by atomic mass is 16.2. The topological polar surface area (TPSA) is 41.1 Å². The van der Waals surface area contributed by atoms with Crippen LogP contribution in [0.5, 0.6) is 0 Å². The predicted octanol–water partition coefficient (Wildman–Crippen LogP) is 3.92. The molecule has 7 rings (SSSR count). The van der Waals surface area contributed by atoms with Gasteiger partial charge in [-0.25, -0.2) is 0 Å². The molecule has 2 saturated heterocycles. The van der Waals surface area contributed by atoms with Gasteiger partial charge in [-0.2, -0.15) is 0 Å². The van der Waals surface area contributed by atoms with Crippen LogP contribution in [0.4, 0.5) is 0 Å². The van der Waals surface area contributed by atoms with Crippen molar-refractivity contribution in [3.8, 4) is 0 Å². The zero-order valence-electron chi connectivity index (χ0n) is 16.5. The molecule has 4 aliphatic carbocycles. The highest BCUT2D eigenvalue weighted by molar-refractivity contribution is 5.85. The van der Waals surface area contributed by atoms with E-state index in [1.165, 1.54) is 37.7 Å². The van der Waals surface area contributed by atoms with Gasteiger partial charge >= 0.3 is 0 Å². The number of amides is 1. The van der Waals surface area contributed by atoms with Crippen LogP contribution in [0.15, 0.2) is 30.3 Å². The van der Waals surface area contributed by atoms with Crippen LogP contribution < -0.4 is 10.6 Å². The van der Waals surface area contributed by atoms with Crippen molar-refractivity contribution >= 4 is 5.91 Å². The van der Waals surface area contributed by atoms with Crippen molar-refractivity contribution in [1.29, 1.82) is 0 Å². The van der Waals surface area contributed by atoms with Crippen molar-refractivity contribution < 1.29 is 4.79 Å². The molecular formula is C24H32N2O. The van der Waals surface area contributed by atoms with Gasteiger partial charge in [0.25, 0.3) is 0 Å². The Labute approximate surface area is 162 Å². The second-order valence-corrected chi connectivity index (χ2v) is 10.9. The van der Waals surface area contributed by atoms with E-state index in [9.17, 15) is 4.79 Å². The zero-order chi connectivity index (χ0) is 18.3. The summed E-state index contributed by atoms with van der Waals surface area (Å²) in [6, 6.07) is 12.8. The maximum Gasteiger partial charge on any atom is 0.227 e. The van der Waals surface area contributed by atoms with Crippen LogP contribution in [0.25, 0.3) is 0 Å². The average Bonchev–Trinajstić information content (AvgIpc) is 3.16. The lowest BCUT2D eigenvalue weighted by molar-refractivity contribution is -0.136. The van der Waals surface area contributed by atoms with Gasteiger partial charge in [-0.15, -0.1) is 0 Å². The van der Waals surface area contributed by atoms with Crippen LogP contribution in [-0.4, -0.2) is 24.0 Å². The lowest BCUT2D eigenvalue weighted by Crippen LogP contribution is -2.53. The third kappa shape index (κ3) is 2.21. The molecule has 27 heavy (non-hydrogen) atoms. The number of carbonyl (C=O) groups is 1. The summed E-state index contributed by atoms with van der Waals surface area (Å²) in [5, 5.41) is 7.29. The van der Waals surface area contributed by atoms with E-state index in [2.05, 4.69) is 47.9 Å². The average molecular weight is 365 g/mol. The number of fused-ring (bicyclic) bond motifs is 2. The minimum Gasteiger partial charge on any atom is -0.353 e. The molecule has 6 aliphatic rings. The molecule has 1 aromatic carbocycles. The van der Waals surface area contributed by atoms with Crippen molar-refractivity contribution in [3.63, 3.8) is 0 Å². The first-order valence-corrected chi connectivity index (χ1v) is 11.1. The molecule has 1 amide bonds. The van der Waals surface area contributed by atoms with Crippen LogP contribution >= 0.6 is 0 Å². The van der Waals surface area contributed by atoms with Crippen LogP contribution in [0.2, 0.25) is 0 Å². The molecule has 2 heterocycles. The number of hydrogen-bond acceptors (Lipinski definition) is 2. The lowest BCUT2D eigenvalue weighted by Gasteiger charge is -2.41. The van der Waals surface area contributed by atoms with Gasteiger partial charge in [-0.1, -0.05) is 37.3 Å². The van der Waals surface area contributed by atoms with E-state index in [1.807, 2.05) is 0 Å². The number of carbonyl (C=O) groups excluding carboxylic acids is 1. The van der Waals surface area contributed by atoms with Crippen LogP contribution in [0.1, 0.15) is 70.3 Å². The Hall–Kier alpha value is -1.35. The van der Waals surface area contributed by atoms with E-state index in [0.29, 0.717) is 24.0 Å². The van der Waals surface area contributed by atoms with Gasteiger partial charge in [-0.3, -0.25) is 4.79 Å². The molecule has 0 aromatic heterocycles. The van der Waals surface area contributed by atoms with Crippen molar-refractivity contribution in [2.45, 2.75) is 88.3 Å². The van der Waals surface area contributed by atoms with Gasteiger partial charge in [0.2, 0.25) is 5.91 Å². The first kappa shape index (κ1) is 16.6. The van der Waals surface area contributed by atoms with Gasteiger partial charge in [-0.05, 0) is 80.1 Å². The summed E-state index contributed by atoms with van der Waals surface area (Å²) in [5.74, 6) is 1.13. The lowest BCUT2D eigenvalue weighted by atomic mass is 9.63. The molecule has 0 spiro atoms. The van der Waals surface area contributed by atoms with Gasteiger partial charge in [0.05, 0.1) is 5.41 Å². The van der Waals surface area contributed by atoms with Gasteiger partial charge in [0.1, 0.15) is 0 Å². The number of piperidine rings is 1. The summed E-state index contributed by atoms with van der Waals surface area (Å²) < 4.78 is 0.